The van der Waals surface area contributed by atoms with E-state index in [2.05, 4.69) is 49.4 Å². The lowest BCUT2D eigenvalue weighted by Gasteiger charge is -2.35. The molecule has 4 amide bonds. The van der Waals surface area contributed by atoms with Gasteiger partial charge >= 0.3 is 12.1 Å². The Hall–Kier alpha value is -7.06. The number of benzene rings is 4. The molecule has 0 spiro atoms. The molecule has 5 saturated heterocycles. The van der Waals surface area contributed by atoms with Crippen LogP contribution in [0.3, 0.4) is 0 Å². The predicted octanol–water partition coefficient (Wildman–Crippen LogP) is 9.99. The summed E-state index contributed by atoms with van der Waals surface area (Å²) < 4.78 is 39.2. The molecular formula is C68H86FN9O9. The molecule has 7 heterocycles. The summed E-state index contributed by atoms with van der Waals surface area (Å²) in [6.45, 7) is 14.6. The molecule has 4 aromatic carbocycles. The number of allylic oxidation sites excluding steroid dienone is 2. The molecule has 1 aromatic heterocycles. The highest BCUT2D eigenvalue weighted by atomic mass is 19.1. The maximum atomic E-state index is 15.3. The molecule has 0 radical (unpaired) electrons. The zero-order chi connectivity index (χ0) is 61.0. The number of hydrogen-bond acceptors (Lipinski definition) is 14. The Labute approximate surface area is 509 Å². The number of rotatable bonds is 23. The van der Waals surface area contributed by atoms with Crippen molar-refractivity contribution in [2.24, 2.45) is 10.4 Å². The molecule has 5 fully saturated rings. The van der Waals surface area contributed by atoms with Crippen molar-refractivity contribution < 1.29 is 47.6 Å². The van der Waals surface area contributed by atoms with E-state index in [0.717, 1.165) is 120 Å². The number of likely N-dealkylation sites (tertiary alicyclic amines) is 1. The number of aryl methyl sites for hydroxylation is 1. The van der Waals surface area contributed by atoms with Gasteiger partial charge in [0.1, 0.15) is 36.9 Å². The minimum atomic E-state index is -0.843. The van der Waals surface area contributed by atoms with Crippen LogP contribution in [0.15, 0.2) is 77.4 Å². The second-order valence-corrected chi connectivity index (χ2v) is 25.9. The Balaban J connectivity index is 0.608. The number of ether oxygens (including phenoxy) is 4. The molecule has 5 N–H and O–H groups in total. The van der Waals surface area contributed by atoms with E-state index >= 15 is 4.39 Å². The second kappa shape index (κ2) is 26.7. The average Bonchev–Trinajstić information content (AvgIpc) is 1.80. The lowest BCUT2D eigenvalue weighted by Crippen LogP contribution is -2.57. The SMILES string of the molecule is CCc1c(F)ccc2cc(O)cc(-c3ccc4c(C5CC6CCC(C5)N6)nc(OCC56CCCN5C(COC(=O)NCCOCCOCCC(=O)NC(C(=O)N5CCCC5C(=O)N[C@@H](C)c5ccc(C7=C(C)N=CC7)cc5)C(C)(C)C)CC6)nc4c3)c12. The van der Waals surface area contributed by atoms with E-state index in [1.54, 1.807) is 23.1 Å². The van der Waals surface area contributed by atoms with Gasteiger partial charge < -0.3 is 50.2 Å². The number of aromatic nitrogens is 2. The molecule has 464 valence electrons. The van der Waals surface area contributed by atoms with Crippen LogP contribution in [0, 0.1) is 11.2 Å². The maximum Gasteiger partial charge on any atom is 0.407 e. The van der Waals surface area contributed by atoms with Crippen molar-refractivity contribution in [2.45, 2.75) is 173 Å². The van der Waals surface area contributed by atoms with Gasteiger partial charge in [0.25, 0.3) is 0 Å². The number of aromatic hydroxyl groups is 1. The molecule has 7 atom stereocenters. The smallest absolute Gasteiger partial charge is 0.407 e. The molecule has 87 heavy (non-hydrogen) atoms. The van der Waals surface area contributed by atoms with Crippen molar-refractivity contribution in [3.8, 4) is 22.9 Å². The summed E-state index contributed by atoms with van der Waals surface area (Å²) in [4.78, 5) is 72.7. The first kappa shape index (κ1) is 61.6. The summed E-state index contributed by atoms with van der Waals surface area (Å²) >= 11 is 0. The van der Waals surface area contributed by atoms with Crippen molar-refractivity contribution in [3.05, 3.63) is 101 Å². The van der Waals surface area contributed by atoms with E-state index in [0.29, 0.717) is 56.1 Å². The topological polar surface area (TPSA) is 218 Å². The van der Waals surface area contributed by atoms with Crippen molar-refractivity contribution in [1.29, 1.82) is 0 Å². The van der Waals surface area contributed by atoms with Crippen LogP contribution in [0.25, 0.3) is 38.4 Å². The largest absolute Gasteiger partial charge is 0.508 e. The number of hydrogen-bond donors (Lipinski definition) is 5. The Morgan fingerprint density at radius 1 is 0.874 bits per heavy atom. The molecule has 6 aliphatic rings. The number of aliphatic imine (C=N–C) groups is 1. The Morgan fingerprint density at radius 2 is 1.64 bits per heavy atom. The fraction of sp³-hybridized carbons (Fsp3) is 0.544. The molecule has 6 aliphatic heterocycles. The van der Waals surface area contributed by atoms with Crippen LogP contribution in [-0.2, 0) is 35.0 Å². The minimum Gasteiger partial charge on any atom is -0.508 e. The van der Waals surface area contributed by atoms with Crippen molar-refractivity contribution in [1.82, 2.24) is 41.0 Å². The lowest BCUT2D eigenvalue weighted by molar-refractivity contribution is -0.144. The fourth-order valence-corrected chi connectivity index (χ4v) is 14.5. The third kappa shape index (κ3) is 13.8. The van der Waals surface area contributed by atoms with Crippen LogP contribution in [-0.4, -0.2) is 150 Å². The Bertz CT molecular complexity index is 3410. The summed E-state index contributed by atoms with van der Waals surface area (Å²) in [7, 11) is 0. The highest BCUT2D eigenvalue weighted by Gasteiger charge is 2.50. The van der Waals surface area contributed by atoms with Crippen LogP contribution in [0.1, 0.15) is 153 Å². The van der Waals surface area contributed by atoms with E-state index in [1.807, 2.05) is 72.0 Å². The highest BCUT2D eigenvalue weighted by Crippen LogP contribution is 2.45. The van der Waals surface area contributed by atoms with Gasteiger partial charge in [-0.25, -0.2) is 9.18 Å². The number of phenols is 1. The highest BCUT2D eigenvalue weighted by molar-refractivity contribution is 6.02. The monoisotopic (exact) mass is 1190 g/mol. The first-order chi connectivity index (χ1) is 41.9. The van der Waals surface area contributed by atoms with Gasteiger partial charge in [-0.15, -0.1) is 0 Å². The van der Waals surface area contributed by atoms with Gasteiger partial charge in [-0.2, -0.15) is 9.97 Å². The summed E-state index contributed by atoms with van der Waals surface area (Å²) in [5, 5.41) is 26.0. The molecule has 6 unspecified atom stereocenters. The zero-order valence-corrected chi connectivity index (χ0v) is 51.4. The van der Waals surface area contributed by atoms with Crippen LogP contribution < -0.4 is 26.0 Å². The van der Waals surface area contributed by atoms with E-state index in [4.69, 9.17) is 28.9 Å². The molecule has 2 bridgehead atoms. The number of fused-ring (bicyclic) bond motifs is 5. The predicted molar refractivity (Wildman–Crippen MR) is 333 cm³/mol. The third-order valence-electron chi connectivity index (χ3n) is 19.0. The normalized spacial score (nSPS) is 23.3. The molecule has 0 aliphatic carbocycles. The number of carbonyl (C=O) groups is 4. The third-order valence-corrected chi connectivity index (χ3v) is 19.0. The van der Waals surface area contributed by atoms with Crippen LogP contribution >= 0.6 is 0 Å². The standard InChI is InChI=1S/C68H86FN9O9/c1-7-52-56(69)20-16-46-36-51(79)38-55(60(46)52)45-15-19-54-57(37-45)74-65(76-61(54)47-34-48-17-18-49(35-47)73-48)87-40-68-24-9-29-78(68)50(21-25-68)39-86-66(83)71-27-31-85-33-32-84-30-23-59(80)75-62(67(4,5)6)64(82)77-28-8-10-58(77)63(81)72-41(2)43-11-13-44(14-12-43)53-22-26-70-42(53)3/h11-16,19-20,26,36-38,41,47-50,58,62,73,79H,7-10,17-18,21-25,27-35,39-40H2,1-6H3,(H,71,83)(H,72,81)(H,75,80)/t41-,47?,48?,49?,50?,58?,62?,68?/m0/s1. The zero-order valence-electron chi connectivity index (χ0n) is 51.4. The molecule has 18 nitrogen and oxygen atoms in total. The fourth-order valence-electron chi connectivity index (χ4n) is 14.5. The molecule has 19 heteroatoms. The van der Waals surface area contributed by atoms with Crippen molar-refractivity contribution >= 4 is 57.3 Å². The van der Waals surface area contributed by atoms with Crippen molar-refractivity contribution in [3.63, 3.8) is 0 Å². The molecule has 0 saturated carbocycles. The summed E-state index contributed by atoms with van der Waals surface area (Å²) in [6.07, 6.45) is 12.0. The Morgan fingerprint density at radius 3 is 2.39 bits per heavy atom. The van der Waals surface area contributed by atoms with Crippen molar-refractivity contribution in [2.75, 3.05) is 59.3 Å². The van der Waals surface area contributed by atoms with Gasteiger partial charge in [0.2, 0.25) is 17.7 Å². The number of piperidine rings is 1. The van der Waals surface area contributed by atoms with E-state index in [9.17, 15) is 24.3 Å². The Kier molecular flexibility index (Phi) is 18.9. The lowest BCUT2D eigenvalue weighted by atomic mass is 9.85. The number of amides is 4. The van der Waals surface area contributed by atoms with Crippen LogP contribution in [0.5, 0.6) is 11.8 Å². The minimum absolute atomic E-state index is 0.0357. The molecular weight excluding hydrogens is 1110 g/mol. The molecule has 11 rings (SSSR count). The summed E-state index contributed by atoms with van der Waals surface area (Å²) in [6, 6.07) is 20.4. The van der Waals surface area contributed by atoms with E-state index in [1.165, 1.54) is 11.6 Å². The second-order valence-electron chi connectivity index (χ2n) is 25.9. The summed E-state index contributed by atoms with van der Waals surface area (Å²) in [5.74, 6) is -0.733. The number of nitrogens with one attached hydrogen (secondary N) is 4. The first-order valence-corrected chi connectivity index (χ1v) is 31.7. The van der Waals surface area contributed by atoms with Gasteiger partial charge in [-0.05, 0) is 165 Å². The van der Waals surface area contributed by atoms with Gasteiger partial charge in [0.05, 0.1) is 49.2 Å². The number of alkyl carbamates (subject to hydrolysis) is 1. The van der Waals surface area contributed by atoms with Crippen LogP contribution in [0.2, 0.25) is 0 Å². The number of nitrogens with zero attached hydrogens (tertiary/aromatic N) is 5. The van der Waals surface area contributed by atoms with Gasteiger partial charge in [0, 0.05) is 67.3 Å². The number of halogens is 1. The van der Waals surface area contributed by atoms with E-state index in [-0.39, 0.29) is 98.8 Å². The molecule has 5 aromatic rings. The quantitative estimate of drug-likeness (QED) is 0.0385. The first-order valence-electron chi connectivity index (χ1n) is 31.7. The average molecular weight is 1190 g/mol. The van der Waals surface area contributed by atoms with Gasteiger partial charge in [0.15, 0.2) is 0 Å². The summed E-state index contributed by atoms with van der Waals surface area (Å²) in [5.41, 5.74) is 7.35. The van der Waals surface area contributed by atoms with Crippen LogP contribution in [0.4, 0.5) is 9.18 Å². The van der Waals surface area contributed by atoms with Gasteiger partial charge in [-0.1, -0.05) is 70.2 Å². The maximum absolute atomic E-state index is 15.3. The number of carbonyl (C=O) groups excluding carboxylic acids is 4. The van der Waals surface area contributed by atoms with E-state index < -0.39 is 23.6 Å². The number of phenolic OH excluding ortho intramolecular Hbond substituents is 1. The van der Waals surface area contributed by atoms with Gasteiger partial charge in [-0.3, -0.25) is 24.3 Å².